The summed E-state index contributed by atoms with van der Waals surface area (Å²) in [5.74, 6) is -0.234. The van der Waals surface area contributed by atoms with Crippen LogP contribution >= 0.6 is 0 Å². The van der Waals surface area contributed by atoms with Crippen LogP contribution in [0.25, 0.3) is 0 Å². The van der Waals surface area contributed by atoms with E-state index in [2.05, 4.69) is 10.3 Å². The summed E-state index contributed by atoms with van der Waals surface area (Å²) in [5, 5.41) is 2.93. The topological polar surface area (TPSA) is 62.0 Å². The zero-order valence-corrected chi connectivity index (χ0v) is 10.7. The summed E-state index contributed by atoms with van der Waals surface area (Å²) in [7, 11) is 0. The molecule has 1 heterocycles. The molecule has 1 aromatic heterocycles. The van der Waals surface area contributed by atoms with Gasteiger partial charge in [-0.1, -0.05) is 37.3 Å². The van der Waals surface area contributed by atoms with Gasteiger partial charge in [0.25, 0.3) is 5.91 Å². The zero-order valence-electron chi connectivity index (χ0n) is 10.7. The monoisotopic (exact) mass is 256 g/mol. The van der Waals surface area contributed by atoms with Crippen molar-refractivity contribution in [3.8, 4) is 0 Å². The summed E-state index contributed by atoms with van der Waals surface area (Å²) >= 11 is 0. The molecule has 0 aliphatic rings. The van der Waals surface area contributed by atoms with Gasteiger partial charge in [0.15, 0.2) is 0 Å². The van der Waals surface area contributed by atoms with Gasteiger partial charge in [-0.05, 0) is 18.1 Å². The number of aromatic amines is 1. The van der Waals surface area contributed by atoms with E-state index in [1.807, 2.05) is 37.3 Å². The van der Waals surface area contributed by atoms with Gasteiger partial charge >= 0.3 is 0 Å². The fourth-order valence-electron chi connectivity index (χ4n) is 1.93. The molecule has 0 fully saturated rings. The standard InChI is InChI=1S/C15H16N2O2/c1-2-13(11-6-4-3-5-7-11)17-15(19)12-8-9-16-14(18)10-12/h3-10,13H,2H2,1H3,(H,16,18)(H,17,19). The highest BCUT2D eigenvalue weighted by Gasteiger charge is 2.13. The minimum Gasteiger partial charge on any atom is -0.345 e. The first-order valence-corrected chi connectivity index (χ1v) is 6.25. The maximum absolute atomic E-state index is 12.1. The van der Waals surface area contributed by atoms with Gasteiger partial charge < -0.3 is 10.3 Å². The predicted molar refractivity (Wildman–Crippen MR) is 74.0 cm³/mol. The number of pyridine rings is 1. The molecule has 1 unspecified atom stereocenters. The Labute approximate surface area is 111 Å². The molecule has 0 saturated heterocycles. The Morgan fingerprint density at radius 1 is 1.26 bits per heavy atom. The van der Waals surface area contributed by atoms with Crippen molar-refractivity contribution in [3.63, 3.8) is 0 Å². The summed E-state index contributed by atoms with van der Waals surface area (Å²) in [5.41, 5.74) is 1.15. The molecule has 0 bridgehead atoms. The van der Waals surface area contributed by atoms with Gasteiger partial charge in [0.2, 0.25) is 5.56 Å². The van der Waals surface area contributed by atoms with Gasteiger partial charge in [-0.2, -0.15) is 0 Å². The second-order valence-corrected chi connectivity index (χ2v) is 4.29. The lowest BCUT2D eigenvalue weighted by Gasteiger charge is -2.17. The lowest BCUT2D eigenvalue weighted by Crippen LogP contribution is -2.28. The third kappa shape index (κ3) is 3.31. The number of benzene rings is 1. The molecule has 0 aliphatic carbocycles. The minimum absolute atomic E-state index is 0.0482. The van der Waals surface area contributed by atoms with Gasteiger partial charge in [0.05, 0.1) is 6.04 Å². The van der Waals surface area contributed by atoms with E-state index in [0.717, 1.165) is 12.0 Å². The summed E-state index contributed by atoms with van der Waals surface area (Å²) in [6.45, 7) is 2.01. The molecule has 0 aliphatic heterocycles. The van der Waals surface area contributed by atoms with E-state index >= 15 is 0 Å². The van der Waals surface area contributed by atoms with Gasteiger partial charge in [-0.3, -0.25) is 9.59 Å². The van der Waals surface area contributed by atoms with E-state index in [1.54, 1.807) is 6.07 Å². The maximum Gasteiger partial charge on any atom is 0.252 e. The van der Waals surface area contributed by atoms with Gasteiger partial charge in [0, 0.05) is 17.8 Å². The molecule has 4 nitrogen and oxygen atoms in total. The van der Waals surface area contributed by atoms with E-state index < -0.39 is 0 Å². The number of aromatic nitrogens is 1. The van der Waals surface area contributed by atoms with E-state index in [-0.39, 0.29) is 17.5 Å². The van der Waals surface area contributed by atoms with Crippen LogP contribution in [0.1, 0.15) is 35.3 Å². The fourth-order valence-corrected chi connectivity index (χ4v) is 1.93. The van der Waals surface area contributed by atoms with Crippen LogP contribution < -0.4 is 10.9 Å². The fraction of sp³-hybridized carbons (Fsp3) is 0.200. The SMILES string of the molecule is CCC(NC(=O)c1cc[nH]c(=O)c1)c1ccccc1. The van der Waals surface area contributed by atoms with Crippen LogP contribution in [0.2, 0.25) is 0 Å². The van der Waals surface area contributed by atoms with Crippen molar-refractivity contribution in [3.05, 3.63) is 70.1 Å². The molecular formula is C15H16N2O2. The molecule has 1 aromatic carbocycles. The van der Waals surface area contributed by atoms with Crippen LogP contribution in [-0.2, 0) is 0 Å². The third-order valence-electron chi connectivity index (χ3n) is 2.95. The van der Waals surface area contributed by atoms with Gasteiger partial charge in [-0.15, -0.1) is 0 Å². The van der Waals surface area contributed by atoms with Crippen molar-refractivity contribution in [2.75, 3.05) is 0 Å². The molecule has 2 N–H and O–H groups in total. The van der Waals surface area contributed by atoms with Crippen LogP contribution in [0.15, 0.2) is 53.5 Å². The van der Waals surface area contributed by atoms with Crippen molar-refractivity contribution in [2.45, 2.75) is 19.4 Å². The van der Waals surface area contributed by atoms with E-state index in [0.29, 0.717) is 5.56 Å². The summed E-state index contributed by atoms with van der Waals surface area (Å²) in [4.78, 5) is 25.8. The molecular weight excluding hydrogens is 240 g/mol. The second-order valence-electron chi connectivity index (χ2n) is 4.29. The number of hydrogen-bond donors (Lipinski definition) is 2. The normalized spacial score (nSPS) is 11.8. The van der Waals surface area contributed by atoms with E-state index in [9.17, 15) is 9.59 Å². The Hall–Kier alpha value is -2.36. The Morgan fingerprint density at radius 2 is 2.00 bits per heavy atom. The highest BCUT2D eigenvalue weighted by atomic mass is 16.2. The maximum atomic E-state index is 12.1. The number of hydrogen-bond acceptors (Lipinski definition) is 2. The van der Waals surface area contributed by atoms with Crippen LogP contribution in [-0.4, -0.2) is 10.9 Å². The van der Waals surface area contributed by atoms with Crippen molar-refractivity contribution in [1.82, 2.24) is 10.3 Å². The molecule has 0 radical (unpaired) electrons. The molecule has 98 valence electrons. The van der Waals surface area contributed by atoms with Crippen molar-refractivity contribution < 1.29 is 4.79 Å². The summed E-state index contributed by atoms with van der Waals surface area (Å²) < 4.78 is 0. The number of amides is 1. The lowest BCUT2D eigenvalue weighted by atomic mass is 10.0. The number of carbonyl (C=O) groups excluding carboxylic acids is 1. The largest absolute Gasteiger partial charge is 0.345 e. The summed E-state index contributed by atoms with van der Waals surface area (Å²) in [6, 6.07) is 12.6. The van der Waals surface area contributed by atoms with Crippen LogP contribution in [0.4, 0.5) is 0 Å². The molecule has 4 heteroatoms. The summed E-state index contributed by atoms with van der Waals surface area (Å²) in [6.07, 6.45) is 2.26. The first-order valence-electron chi connectivity index (χ1n) is 6.25. The molecule has 1 atom stereocenters. The van der Waals surface area contributed by atoms with Crippen molar-refractivity contribution in [2.24, 2.45) is 0 Å². The van der Waals surface area contributed by atoms with E-state index in [1.165, 1.54) is 12.3 Å². The highest BCUT2D eigenvalue weighted by Crippen LogP contribution is 2.16. The zero-order chi connectivity index (χ0) is 13.7. The molecule has 2 rings (SSSR count). The lowest BCUT2D eigenvalue weighted by molar-refractivity contribution is 0.0935. The van der Waals surface area contributed by atoms with Gasteiger partial charge in [-0.25, -0.2) is 0 Å². The average molecular weight is 256 g/mol. The number of carbonyl (C=O) groups is 1. The molecule has 0 spiro atoms. The van der Waals surface area contributed by atoms with Crippen LogP contribution in [0.3, 0.4) is 0 Å². The highest BCUT2D eigenvalue weighted by molar-refractivity contribution is 5.94. The predicted octanol–water partition coefficient (Wildman–Crippen LogP) is 2.26. The first kappa shape index (κ1) is 13.1. The average Bonchev–Trinajstić information content (AvgIpc) is 2.45. The second kappa shape index (κ2) is 6.00. The minimum atomic E-state index is -0.277. The Bertz CT molecular complexity index is 605. The van der Waals surface area contributed by atoms with Crippen LogP contribution in [0, 0.1) is 0 Å². The molecule has 2 aromatic rings. The van der Waals surface area contributed by atoms with Crippen molar-refractivity contribution >= 4 is 5.91 Å². The number of rotatable bonds is 4. The molecule has 1 amide bonds. The van der Waals surface area contributed by atoms with Crippen LogP contribution in [0.5, 0.6) is 0 Å². The van der Waals surface area contributed by atoms with E-state index in [4.69, 9.17) is 0 Å². The Balaban J connectivity index is 2.15. The molecule has 19 heavy (non-hydrogen) atoms. The first-order chi connectivity index (χ1) is 9.20. The number of nitrogens with one attached hydrogen (secondary N) is 2. The quantitative estimate of drug-likeness (QED) is 0.881. The molecule has 0 saturated carbocycles. The van der Waals surface area contributed by atoms with Gasteiger partial charge in [0.1, 0.15) is 0 Å². The third-order valence-corrected chi connectivity index (χ3v) is 2.95. The number of H-pyrrole nitrogens is 1. The van der Waals surface area contributed by atoms with Crippen molar-refractivity contribution in [1.29, 1.82) is 0 Å². The Kier molecular flexibility index (Phi) is 4.13. The Morgan fingerprint density at radius 3 is 2.63 bits per heavy atom. The smallest absolute Gasteiger partial charge is 0.252 e.